The largest absolute Gasteiger partial charge is 0.372 e. The third kappa shape index (κ3) is 2.82. The average molecular weight is 290 g/mol. The van der Waals surface area contributed by atoms with Crippen molar-refractivity contribution >= 4 is 16.6 Å². The van der Waals surface area contributed by atoms with Crippen molar-refractivity contribution in [2.45, 2.75) is 20.8 Å². The van der Waals surface area contributed by atoms with Gasteiger partial charge in [-0.15, -0.1) is 0 Å². The predicted octanol–water partition coefficient (Wildman–Crippen LogP) is 5.06. The molecule has 0 spiro atoms. The van der Waals surface area contributed by atoms with Crippen LogP contribution in [-0.4, -0.2) is 18.1 Å². The number of pyridine rings is 1. The van der Waals surface area contributed by atoms with E-state index in [0.717, 1.165) is 24.3 Å². The zero-order valence-corrected chi connectivity index (χ0v) is 13.5. The van der Waals surface area contributed by atoms with Crippen LogP contribution in [0.5, 0.6) is 0 Å². The number of hydrogen-bond acceptors (Lipinski definition) is 2. The maximum Gasteiger partial charge on any atom is 0.0709 e. The van der Waals surface area contributed by atoms with Gasteiger partial charge in [0.2, 0.25) is 0 Å². The molecule has 1 aromatic heterocycles. The van der Waals surface area contributed by atoms with Gasteiger partial charge < -0.3 is 4.90 Å². The number of aryl methyl sites for hydroxylation is 1. The highest BCUT2D eigenvalue weighted by molar-refractivity contribution is 5.82. The van der Waals surface area contributed by atoms with Gasteiger partial charge in [0.05, 0.1) is 11.2 Å². The number of rotatable bonds is 4. The van der Waals surface area contributed by atoms with Crippen LogP contribution in [0.2, 0.25) is 0 Å². The molecule has 2 aromatic carbocycles. The Bertz CT molecular complexity index is 771. The van der Waals surface area contributed by atoms with Gasteiger partial charge in [0, 0.05) is 29.7 Å². The van der Waals surface area contributed by atoms with Gasteiger partial charge in [-0.2, -0.15) is 0 Å². The molecule has 3 aromatic rings. The van der Waals surface area contributed by atoms with Crippen LogP contribution in [0.1, 0.15) is 19.4 Å². The summed E-state index contributed by atoms with van der Waals surface area (Å²) < 4.78 is 0. The average Bonchev–Trinajstić information content (AvgIpc) is 2.56. The van der Waals surface area contributed by atoms with Crippen LogP contribution in [0.15, 0.2) is 54.6 Å². The molecule has 0 bridgehead atoms. The Morgan fingerprint density at radius 1 is 0.864 bits per heavy atom. The van der Waals surface area contributed by atoms with Crippen LogP contribution < -0.4 is 4.90 Å². The van der Waals surface area contributed by atoms with Crippen LogP contribution in [0.3, 0.4) is 0 Å². The maximum absolute atomic E-state index is 4.79. The Labute approximate surface area is 132 Å². The van der Waals surface area contributed by atoms with Crippen molar-refractivity contribution in [1.29, 1.82) is 0 Å². The molecule has 2 heteroatoms. The van der Waals surface area contributed by atoms with E-state index in [2.05, 4.69) is 80.3 Å². The summed E-state index contributed by atoms with van der Waals surface area (Å²) in [5, 5.41) is 1.20. The van der Waals surface area contributed by atoms with Crippen LogP contribution in [0, 0.1) is 6.92 Å². The molecule has 2 nitrogen and oxygen atoms in total. The van der Waals surface area contributed by atoms with E-state index in [4.69, 9.17) is 4.98 Å². The van der Waals surface area contributed by atoms with Crippen molar-refractivity contribution in [2.24, 2.45) is 0 Å². The quantitative estimate of drug-likeness (QED) is 0.668. The molecule has 0 saturated carbocycles. The standard InChI is InChI=1S/C20H22N2/c1-4-22(5-2)18-10-7-16(8-11-18)19-13-9-17-14-15(3)6-12-20(17)21-19/h6-14H,4-5H2,1-3H3. The minimum atomic E-state index is 1.03. The smallest absolute Gasteiger partial charge is 0.0709 e. The lowest BCUT2D eigenvalue weighted by Gasteiger charge is -2.21. The molecule has 22 heavy (non-hydrogen) atoms. The molecule has 0 atom stereocenters. The van der Waals surface area contributed by atoms with Gasteiger partial charge >= 0.3 is 0 Å². The molecular weight excluding hydrogens is 268 g/mol. The summed E-state index contributed by atoms with van der Waals surface area (Å²) in [6.07, 6.45) is 0. The van der Waals surface area contributed by atoms with E-state index >= 15 is 0 Å². The minimum absolute atomic E-state index is 1.03. The molecule has 0 N–H and O–H groups in total. The third-order valence-electron chi connectivity index (χ3n) is 4.14. The maximum atomic E-state index is 4.79. The van der Waals surface area contributed by atoms with E-state index in [1.54, 1.807) is 0 Å². The number of nitrogens with zero attached hydrogens (tertiary/aromatic N) is 2. The van der Waals surface area contributed by atoms with Crippen LogP contribution in [-0.2, 0) is 0 Å². The summed E-state index contributed by atoms with van der Waals surface area (Å²) in [7, 11) is 0. The van der Waals surface area contributed by atoms with Gasteiger partial charge in [0.25, 0.3) is 0 Å². The topological polar surface area (TPSA) is 16.1 Å². The highest BCUT2D eigenvalue weighted by Crippen LogP contribution is 2.24. The number of aromatic nitrogens is 1. The Morgan fingerprint density at radius 2 is 1.59 bits per heavy atom. The number of benzene rings is 2. The summed E-state index contributed by atoms with van der Waals surface area (Å²) in [6, 6.07) is 19.3. The van der Waals surface area contributed by atoms with E-state index in [1.165, 1.54) is 22.2 Å². The molecule has 0 aliphatic heterocycles. The molecular formula is C20H22N2. The van der Waals surface area contributed by atoms with Crippen molar-refractivity contribution in [3.05, 3.63) is 60.2 Å². The highest BCUT2D eigenvalue weighted by atomic mass is 15.1. The Kier molecular flexibility index (Phi) is 4.10. The molecule has 0 unspecified atom stereocenters. The van der Waals surface area contributed by atoms with Gasteiger partial charge in [-0.1, -0.05) is 29.8 Å². The summed E-state index contributed by atoms with van der Waals surface area (Å²) in [6.45, 7) is 8.54. The lowest BCUT2D eigenvalue weighted by molar-refractivity contribution is 0.866. The van der Waals surface area contributed by atoms with Crippen LogP contribution >= 0.6 is 0 Å². The first-order chi connectivity index (χ1) is 10.7. The van der Waals surface area contributed by atoms with Crippen LogP contribution in [0.25, 0.3) is 22.2 Å². The van der Waals surface area contributed by atoms with Gasteiger partial charge in [0.1, 0.15) is 0 Å². The zero-order valence-electron chi connectivity index (χ0n) is 13.5. The molecule has 0 fully saturated rings. The van der Waals surface area contributed by atoms with Gasteiger partial charge in [0.15, 0.2) is 0 Å². The number of anilines is 1. The fourth-order valence-electron chi connectivity index (χ4n) is 2.84. The number of hydrogen-bond donors (Lipinski definition) is 0. The zero-order chi connectivity index (χ0) is 15.5. The molecule has 0 saturated heterocycles. The summed E-state index contributed by atoms with van der Waals surface area (Å²) in [5.74, 6) is 0. The second-order valence-corrected chi connectivity index (χ2v) is 5.61. The Hall–Kier alpha value is -2.35. The molecule has 0 amide bonds. The van der Waals surface area contributed by atoms with E-state index in [-0.39, 0.29) is 0 Å². The van der Waals surface area contributed by atoms with E-state index in [9.17, 15) is 0 Å². The summed E-state index contributed by atoms with van der Waals surface area (Å²) >= 11 is 0. The fourth-order valence-corrected chi connectivity index (χ4v) is 2.84. The number of fused-ring (bicyclic) bond motifs is 1. The van der Waals surface area contributed by atoms with E-state index < -0.39 is 0 Å². The normalized spacial score (nSPS) is 10.9. The minimum Gasteiger partial charge on any atom is -0.372 e. The summed E-state index contributed by atoms with van der Waals surface area (Å²) in [4.78, 5) is 7.14. The first-order valence-electron chi connectivity index (χ1n) is 7.94. The van der Waals surface area contributed by atoms with Crippen molar-refractivity contribution in [2.75, 3.05) is 18.0 Å². The Morgan fingerprint density at radius 3 is 2.27 bits per heavy atom. The molecule has 0 aliphatic rings. The van der Waals surface area contributed by atoms with Crippen molar-refractivity contribution < 1.29 is 0 Å². The van der Waals surface area contributed by atoms with Crippen molar-refractivity contribution in [1.82, 2.24) is 4.98 Å². The second-order valence-electron chi connectivity index (χ2n) is 5.61. The second kappa shape index (κ2) is 6.18. The molecule has 0 radical (unpaired) electrons. The van der Waals surface area contributed by atoms with Crippen LogP contribution in [0.4, 0.5) is 5.69 Å². The summed E-state index contributed by atoms with van der Waals surface area (Å²) in [5.41, 5.74) is 5.78. The van der Waals surface area contributed by atoms with Crippen molar-refractivity contribution in [3.63, 3.8) is 0 Å². The van der Waals surface area contributed by atoms with Gasteiger partial charge in [-0.25, -0.2) is 4.98 Å². The van der Waals surface area contributed by atoms with E-state index in [0.29, 0.717) is 0 Å². The SMILES string of the molecule is CCN(CC)c1ccc(-c2ccc3cc(C)ccc3n2)cc1. The lowest BCUT2D eigenvalue weighted by atomic mass is 10.1. The fraction of sp³-hybridized carbons (Fsp3) is 0.250. The lowest BCUT2D eigenvalue weighted by Crippen LogP contribution is -2.21. The Balaban J connectivity index is 1.95. The molecule has 112 valence electrons. The van der Waals surface area contributed by atoms with Gasteiger partial charge in [-0.05, 0) is 51.1 Å². The van der Waals surface area contributed by atoms with Crippen molar-refractivity contribution in [3.8, 4) is 11.3 Å². The monoisotopic (exact) mass is 290 g/mol. The molecule has 0 aliphatic carbocycles. The van der Waals surface area contributed by atoms with Gasteiger partial charge in [-0.3, -0.25) is 0 Å². The third-order valence-corrected chi connectivity index (χ3v) is 4.14. The molecule has 3 rings (SSSR count). The molecule has 1 heterocycles. The van der Waals surface area contributed by atoms with E-state index in [1.807, 2.05) is 0 Å². The first kappa shape index (κ1) is 14.6. The predicted molar refractivity (Wildman–Crippen MR) is 95.5 cm³/mol. The highest BCUT2D eigenvalue weighted by Gasteiger charge is 2.04. The first-order valence-corrected chi connectivity index (χ1v) is 7.94.